The van der Waals surface area contributed by atoms with Crippen LogP contribution in [0.15, 0.2) is 77.3 Å². The fourth-order valence-electron chi connectivity index (χ4n) is 2.59. The molecule has 3 aromatic rings. The molecule has 0 aliphatic heterocycles. The van der Waals surface area contributed by atoms with Crippen molar-refractivity contribution in [2.24, 2.45) is 0 Å². The molecule has 0 fully saturated rings. The van der Waals surface area contributed by atoms with E-state index in [1.807, 2.05) is 0 Å². The Kier molecular flexibility index (Phi) is 5.65. The van der Waals surface area contributed by atoms with Gasteiger partial charge in [0, 0.05) is 21.2 Å². The molecule has 142 valence electrons. The first-order chi connectivity index (χ1) is 13.3. The minimum Gasteiger partial charge on any atom is -0.321 e. The molecule has 0 saturated carbocycles. The van der Waals surface area contributed by atoms with Crippen molar-refractivity contribution in [1.82, 2.24) is 0 Å². The van der Waals surface area contributed by atoms with Gasteiger partial charge in [-0.2, -0.15) is 13.2 Å². The van der Waals surface area contributed by atoms with Gasteiger partial charge in [-0.3, -0.25) is 9.59 Å². The van der Waals surface area contributed by atoms with Crippen LogP contribution in [0.4, 0.5) is 18.9 Å². The van der Waals surface area contributed by atoms with E-state index in [9.17, 15) is 22.8 Å². The van der Waals surface area contributed by atoms with Crippen LogP contribution in [-0.4, -0.2) is 11.7 Å². The molecule has 7 heteroatoms. The van der Waals surface area contributed by atoms with E-state index in [1.165, 1.54) is 12.1 Å². The van der Waals surface area contributed by atoms with Gasteiger partial charge < -0.3 is 5.32 Å². The summed E-state index contributed by atoms with van der Waals surface area (Å²) >= 11 is 3.29. The molecule has 3 rings (SSSR count). The zero-order chi connectivity index (χ0) is 20.3. The van der Waals surface area contributed by atoms with Crippen molar-refractivity contribution < 1.29 is 22.8 Å². The highest BCUT2D eigenvalue weighted by Gasteiger charge is 2.31. The lowest BCUT2D eigenvalue weighted by Gasteiger charge is -2.12. The standard InChI is InChI=1S/C21H13BrF3NO2/c22-16-9-10-18(17(12-16)19(27)13-5-2-1-3-6-13)26-20(28)14-7-4-8-15(11-14)21(23,24)25/h1-12H,(H,26,28). The number of anilines is 1. The molecule has 0 heterocycles. The molecule has 28 heavy (non-hydrogen) atoms. The van der Waals surface area contributed by atoms with Crippen LogP contribution in [0, 0.1) is 0 Å². The topological polar surface area (TPSA) is 46.2 Å². The average Bonchev–Trinajstić information content (AvgIpc) is 2.69. The fraction of sp³-hybridized carbons (Fsp3) is 0.0476. The van der Waals surface area contributed by atoms with E-state index < -0.39 is 17.6 Å². The summed E-state index contributed by atoms with van der Waals surface area (Å²) in [6.45, 7) is 0. The number of nitrogens with one attached hydrogen (secondary N) is 1. The van der Waals surface area contributed by atoms with E-state index in [0.717, 1.165) is 18.2 Å². The Balaban J connectivity index is 1.93. The monoisotopic (exact) mass is 447 g/mol. The van der Waals surface area contributed by atoms with Gasteiger partial charge in [-0.05, 0) is 36.4 Å². The van der Waals surface area contributed by atoms with Gasteiger partial charge in [0.15, 0.2) is 5.78 Å². The molecule has 1 N–H and O–H groups in total. The smallest absolute Gasteiger partial charge is 0.321 e. The SMILES string of the molecule is O=C(Nc1ccc(Br)cc1C(=O)c1ccccc1)c1cccc(C(F)(F)F)c1. The quantitative estimate of drug-likeness (QED) is 0.502. The second-order valence-corrected chi connectivity index (χ2v) is 6.83. The fourth-order valence-corrected chi connectivity index (χ4v) is 2.95. The van der Waals surface area contributed by atoms with Gasteiger partial charge in [0.1, 0.15) is 0 Å². The van der Waals surface area contributed by atoms with Gasteiger partial charge in [-0.1, -0.05) is 52.3 Å². The third-order valence-corrected chi connectivity index (χ3v) is 4.46. The van der Waals surface area contributed by atoms with Crippen LogP contribution >= 0.6 is 15.9 Å². The molecular weight excluding hydrogens is 435 g/mol. The maximum absolute atomic E-state index is 12.9. The Morgan fingerprint density at radius 1 is 0.821 bits per heavy atom. The van der Waals surface area contributed by atoms with E-state index in [-0.39, 0.29) is 22.6 Å². The second-order valence-electron chi connectivity index (χ2n) is 5.92. The summed E-state index contributed by atoms with van der Waals surface area (Å²) in [5, 5.41) is 2.54. The van der Waals surface area contributed by atoms with E-state index >= 15 is 0 Å². The minimum absolute atomic E-state index is 0.157. The predicted molar refractivity (Wildman–Crippen MR) is 103 cm³/mol. The molecule has 0 spiro atoms. The normalized spacial score (nSPS) is 11.1. The number of carbonyl (C=O) groups is 2. The summed E-state index contributed by atoms with van der Waals surface area (Å²) in [6.07, 6.45) is -4.55. The summed E-state index contributed by atoms with van der Waals surface area (Å²) in [7, 11) is 0. The van der Waals surface area contributed by atoms with Crippen molar-refractivity contribution in [2.45, 2.75) is 6.18 Å². The maximum Gasteiger partial charge on any atom is 0.416 e. The van der Waals surface area contributed by atoms with E-state index in [1.54, 1.807) is 42.5 Å². The van der Waals surface area contributed by atoms with Crippen LogP contribution in [0.1, 0.15) is 31.8 Å². The number of hydrogen-bond acceptors (Lipinski definition) is 2. The van der Waals surface area contributed by atoms with E-state index in [0.29, 0.717) is 10.0 Å². The van der Waals surface area contributed by atoms with Crippen molar-refractivity contribution in [3.05, 3.63) is 99.5 Å². The lowest BCUT2D eigenvalue weighted by molar-refractivity contribution is -0.137. The average molecular weight is 448 g/mol. The minimum atomic E-state index is -4.55. The summed E-state index contributed by atoms with van der Waals surface area (Å²) in [6, 6.07) is 17.3. The number of amides is 1. The maximum atomic E-state index is 12.9. The van der Waals surface area contributed by atoms with Gasteiger partial charge in [0.05, 0.1) is 11.3 Å². The molecule has 0 aliphatic carbocycles. The largest absolute Gasteiger partial charge is 0.416 e. The van der Waals surface area contributed by atoms with Gasteiger partial charge >= 0.3 is 6.18 Å². The summed E-state index contributed by atoms with van der Waals surface area (Å²) < 4.78 is 39.3. The Labute approximate surface area is 167 Å². The zero-order valence-corrected chi connectivity index (χ0v) is 15.8. The number of carbonyl (C=O) groups excluding carboxylic acids is 2. The summed E-state index contributed by atoms with van der Waals surface area (Å²) in [5.41, 5.74) is -0.220. The summed E-state index contributed by atoms with van der Waals surface area (Å²) in [4.78, 5) is 25.3. The number of alkyl halides is 3. The Morgan fingerprint density at radius 2 is 1.50 bits per heavy atom. The lowest BCUT2D eigenvalue weighted by atomic mass is 10.0. The van der Waals surface area contributed by atoms with Gasteiger partial charge in [-0.25, -0.2) is 0 Å². The predicted octanol–water partition coefficient (Wildman–Crippen LogP) is 5.95. The van der Waals surface area contributed by atoms with Crippen molar-refractivity contribution in [1.29, 1.82) is 0 Å². The van der Waals surface area contributed by atoms with Crippen molar-refractivity contribution in [3.63, 3.8) is 0 Å². The van der Waals surface area contributed by atoms with Gasteiger partial charge in [0.25, 0.3) is 5.91 Å². The highest BCUT2D eigenvalue weighted by Crippen LogP contribution is 2.30. The first-order valence-electron chi connectivity index (χ1n) is 8.13. The number of halogens is 4. The third-order valence-electron chi connectivity index (χ3n) is 3.96. The zero-order valence-electron chi connectivity index (χ0n) is 14.3. The van der Waals surface area contributed by atoms with E-state index in [2.05, 4.69) is 21.2 Å². The molecule has 0 radical (unpaired) electrons. The van der Waals surface area contributed by atoms with Crippen LogP contribution in [0.25, 0.3) is 0 Å². The highest BCUT2D eigenvalue weighted by molar-refractivity contribution is 9.10. The lowest BCUT2D eigenvalue weighted by Crippen LogP contribution is -2.16. The first-order valence-corrected chi connectivity index (χ1v) is 8.93. The van der Waals surface area contributed by atoms with Gasteiger partial charge in [0.2, 0.25) is 0 Å². The van der Waals surface area contributed by atoms with Crippen LogP contribution < -0.4 is 5.32 Å². The number of hydrogen-bond donors (Lipinski definition) is 1. The molecular formula is C21H13BrF3NO2. The molecule has 3 aromatic carbocycles. The Bertz CT molecular complexity index is 1030. The van der Waals surface area contributed by atoms with Crippen LogP contribution in [-0.2, 0) is 6.18 Å². The molecule has 0 aromatic heterocycles. The second kappa shape index (κ2) is 7.98. The van der Waals surface area contributed by atoms with Crippen LogP contribution in [0.5, 0.6) is 0 Å². The third kappa shape index (κ3) is 4.48. The van der Waals surface area contributed by atoms with Crippen LogP contribution in [0.3, 0.4) is 0 Å². The van der Waals surface area contributed by atoms with E-state index in [4.69, 9.17) is 0 Å². The summed E-state index contributed by atoms with van der Waals surface area (Å²) in [5.74, 6) is -1.06. The Hall–Kier alpha value is -2.93. The Morgan fingerprint density at radius 3 is 2.18 bits per heavy atom. The molecule has 0 aliphatic rings. The molecule has 0 saturated heterocycles. The molecule has 0 bridgehead atoms. The van der Waals surface area contributed by atoms with Crippen molar-refractivity contribution in [3.8, 4) is 0 Å². The molecule has 3 nitrogen and oxygen atoms in total. The van der Waals surface area contributed by atoms with Crippen molar-refractivity contribution in [2.75, 3.05) is 5.32 Å². The number of rotatable bonds is 4. The number of ketones is 1. The molecule has 0 atom stereocenters. The van der Waals surface area contributed by atoms with Crippen molar-refractivity contribution >= 4 is 33.3 Å². The highest BCUT2D eigenvalue weighted by atomic mass is 79.9. The first kappa shape index (κ1) is 19.8. The van der Waals surface area contributed by atoms with Crippen LogP contribution in [0.2, 0.25) is 0 Å². The van der Waals surface area contributed by atoms with Gasteiger partial charge in [-0.15, -0.1) is 0 Å². The molecule has 1 amide bonds. The number of benzene rings is 3. The molecule has 0 unspecified atom stereocenters.